The lowest BCUT2D eigenvalue weighted by Crippen LogP contribution is -1.95. The van der Waals surface area contributed by atoms with Gasteiger partial charge in [0.25, 0.3) is 0 Å². The van der Waals surface area contributed by atoms with Crippen LogP contribution in [-0.4, -0.2) is 9.78 Å². The number of nitrogens with zero attached hydrogens (tertiary/aromatic N) is 2. The minimum atomic E-state index is 0.939. The van der Waals surface area contributed by atoms with Gasteiger partial charge < -0.3 is 0 Å². The van der Waals surface area contributed by atoms with Gasteiger partial charge in [0.1, 0.15) is 0 Å². The van der Waals surface area contributed by atoms with Crippen molar-refractivity contribution in [1.82, 2.24) is 9.78 Å². The van der Waals surface area contributed by atoms with Crippen molar-refractivity contribution in [2.24, 2.45) is 0 Å². The summed E-state index contributed by atoms with van der Waals surface area (Å²) < 4.78 is 1.89. The van der Waals surface area contributed by atoms with Gasteiger partial charge in [-0.2, -0.15) is 5.10 Å². The second-order valence-electron chi connectivity index (χ2n) is 2.63. The Balaban J connectivity index is 0.000000461. The molecule has 0 atom stereocenters. The monoisotopic (exact) mass is 188 g/mol. The summed E-state index contributed by atoms with van der Waals surface area (Å²) in [7, 11) is 0. The van der Waals surface area contributed by atoms with Crippen LogP contribution in [0.5, 0.6) is 0 Å². The summed E-state index contributed by atoms with van der Waals surface area (Å²) in [5, 5.41) is 4.16. The number of rotatable bonds is 1. The molecule has 0 aromatic carbocycles. The maximum atomic E-state index is 4.16. The molecule has 1 aromatic heterocycles. The minimum Gasteiger partial charge on any atom is -0.245 e. The lowest BCUT2D eigenvalue weighted by atomic mass is 10.3. The molecule has 1 aliphatic carbocycles. The average molecular weight is 188 g/mol. The number of allylic oxidation sites excluding steroid dienone is 6. The lowest BCUT2D eigenvalue weighted by Gasteiger charge is -2.01. The predicted molar refractivity (Wildman–Crippen MR) is 60.7 cm³/mol. The number of hydrogen-bond acceptors (Lipinski definition) is 1. The molecule has 0 unspecified atom stereocenters. The molecule has 0 aliphatic heterocycles. The van der Waals surface area contributed by atoms with E-state index in [1.54, 1.807) is 6.20 Å². The standard InChI is InChI=1S/C10H10N2.C2H6/c1-2-4-7-10(6-3-1)12-9-5-8-11-12;1-2/h1-6,8-9H,7H2;1-2H3. The van der Waals surface area contributed by atoms with Crippen LogP contribution in [0.4, 0.5) is 0 Å². The third-order valence-corrected chi connectivity index (χ3v) is 1.77. The van der Waals surface area contributed by atoms with Crippen molar-refractivity contribution < 1.29 is 0 Å². The van der Waals surface area contributed by atoms with Gasteiger partial charge in [0.05, 0.1) is 0 Å². The van der Waals surface area contributed by atoms with Crippen LogP contribution in [-0.2, 0) is 0 Å². The molecule has 0 N–H and O–H groups in total. The molecule has 2 rings (SSSR count). The van der Waals surface area contributed by atoms with E-state index in [1.165, 1.54) is 5.70 Å². The average Bonchev–Trinajstić information content (AvgIpc) is 2.64. The van der Waals surface area contributed by atoms with Crippen molar-refractivity contribution in [3.05, 3.63) is 48.8 Å². The zero-order valence-electron chi connectivity index (χ0n) is 8.72. The van der Waals surface area contributed by atoms with Crippen molar-refractivity contribution in [2.75, 3.05) is 0 Å². The van der Waals surface area contributed by atoms with Crippen LogP contribution in [0.15, 0.2) is 48.8 Å². The first-order valence-electron chi connectivity index (χ1n) is 4.99. The Kier molecular flexibility index (Phi) is 4.48. The molecule has 0 bridgehead atoms. The van der Waals surface area contributed by atoms with Gasteiger partial charge in [-0.05, 0) is 12.1 Å². The molecule has 0 saturated heterocycles. The van der Waals surface area contributed by atoms with Gasteiger partial charge in [-0.1, -0.05) is 38.2 Å². The number of hydrogen-bond donors (Lipinski definition) is 0. The predicted octanol–water partition coefficient (Wildman–Crippen LogP) is 3.27. The van der Waals surface area contributed by atoms with Gasteiger partial charge in [-0.25, -0.2) is 4.68 Å². The van der Waals surface area contributed by atoms with E-state index in [1.807, 2.05) is 49.0 Å². The fraction of sp³-hybridized carbons (Fsp3) is 0.250. The smallest absolute Gasteiger partial charge is 0.0493 e. The summed E-state index contributed by atoms with van der Waals surface area (Å²) in [5.74, 6) is 0. The summed E-state index contributed by atoms with van der Waals surface area (Å²) in [6, 6.07) is 1.93. The Bertz CT molecular complexity index is 329. The third kappa shape index (κ3) is 2.73. The first-order chi connectivity index (χ1) is 6.97. The SMILES string of the molecule is C1=CC=C(n2cccn2)CC=C1.CC. The Hall–Kier alpha value is -1.57. The second-order valence-corrected chi connectivity index (χ2v) is 2.63. The highest BCUT2D eigenvalue weighted by molar-refractivity contribution is 5.50. The van der Waals surface area contributed by atoms with Crippen LogP contribution in [0.1, 0.15) is 20.3 Å². The highest BCUT2D eigenvalue weighted by Gasteiger charge is 1.97. The van der Waals surface area contributed by atoms with Gasteiger partial charge in [-0.3, -0.25) is 0 Å². The molecular formula is C12H16N2. The maximum absolute atomic E-state index is 4.16. The van der Waals surface area contributed by atoms with Crippen molar-refractivity contribution in [3.63, 3.8) is 0 Å². The van der Waals surface area contributed by atoms with Crippen LogP contribution in [0, 0.1) is 0 Å². The van der Waals surface area contributed by atoms with E-state index in [0.717, 1.165) is 6.42 Å². The highest BCUT2D eigenvalue weighted by Crippen LogP contribution is 2.11. The van der Waals surface area contributed by atoms with Crippen molar-refractivity contribution >= 4 is 5.70 Å². The first-order valence-corrected chi connectivity index (χ1v) is 4.99. The lowest BCUT2D eigenvalue weighted by molar-refractivity contribution is 0.879. The molecule has 2 heteroatoms. The van der Waals surface area contributed by atoms with Crippen molar-refractivity contribution in [1.29, 1.82) is 0 Å². The summed E-state index contributed by atoms with van der Waals surface area (Å²) >= 11 is 0. The van der Waals surface area contributed by atoms with Crippen LogP contribution < -0.4 is 0 Å². The van der Waals surface area contributed by atoms with E-state index in [0.29, 0.717) is 0 Å². The van der Waals surface area contributed by atoms with Gasteiger partial charge in [-0.15, -0.1) is 0 Å². The van der Waals surface area contributed by atoms with Crippen LogP contribution >= 0.6 is 0 Å². The van der Waals surface area contributed by atoms with E-state index in [-0.39, 0.29) is 0 Å². The molecule has 0 radical (unpaired) electrons. The van der Waals surface area contributed by atoms with Gasteiger partial charge in [0.2, 0.25) is 0 Å². The van der Waals surface area contributed by atoms with Gasteiger partial charge in [0.15, 0.2) is 0 Å². The summed E-state index contributed by atoms with van der Waals surface area (Å²) in [6.45, 7) is 4.00. The van der Waals surface area contributed by atoms with E-state index in [4.69, 9.17) is 0 Å². The van der Waals surface area contributed by atoms with E-state index >= 15 is 0 Å². The summed E-state index contributed by atoms with van der Waals surface area (Å²) in [6.07, 6.45) is 15.0. The molecule has 1 aromatic rings. The Morgan fingerprint density at radius 1 is 1.21 bits per heavy atom. The number of aromatic nitrogens is 2. The largest absolute Gasteiger partial charge is 0.245 e. The fourth-order valence-corrected chi connectivity index (χ4v) is 1.17. The van der Waals surface area contributed by atoms with E-state index in [2.05, 4.69) is 17.3 Å². The molecule has 2 nitrogen and oxygen atoms in total. The zero-order valence-corrected chi connectivity index (χ0v) is 8.72. The Labute approximate surface area is 85.3 Å². The highest BCUT2D eigenvalue weighted by atomic mass is 15.3. The Morgan fingerprint density at radius 2 is 2.07 bits per heavy atom. The molecule has 1 heterocycles. The summed E-state index contributed by atoms with van der Waals surface area (Å²) in [5.41, 5.74) is 1.20. The van der Waals surface area contributed by atoms with Gasteiger partial charge in [0, 0.05) is 24.5 Å². The third-order valence-electron chi connectivity index (χ3n) is 1.77. The van der Waals surface area contributed by atoms with E-state index in [9.17, 15) is 0 Å². The summed E-state index contributed by atoms with van der Waals surface area (Å²) in [4.78, 5) is 0. The molecular weight excluding hydrogens is 172 g/mol. The molecule has 0 amide bonds. The zero-order chi connectivity index (χ0) is 10.2. The molecule has 14 heavy (non-hydrogen) atoms. The quantitative estimate of drug-likeness (QED) is 0.661. The first kappa shape index (κ1) is 10.5. The van der Waals surface area contributed by atoms with Crippen LogP contribution in [0.25, 0.3) is 5.70 Å². The molecule has 0 spiro atoms. The molecule has 74 valence electrons. The molecule has 0 fully saturated rings. The van der Waals surface area contributed by atoms with Gasteiger partial charge >= 0.3 is 0 Å². The van der Waals surface area contributed by atoms with Crippen LogP contribution in [0.2, 0.25) is 0 Å². The van der Waals surface area contributed by atoms with Crippen molar-refractivity contribution in [2.45, 2.75) is 20.3 Å². The molecule has 1 aliphatic rings. The normalized spacial score (nSPS) is 14.0. The Morgan fingerprint density at radius 3 is 2.79 bits per heavy atom. The maximum Gasteiger partial charge on any atom is 0.0493 e. The van der Waals surface area contributed by atoms with Crippen molar-refractivity contribution in [3.8, 4) is 0 Å². The minimum absolute atomic E-state index is 0.939. The topological polar surface area (TPSA) is 17.8 Å². The van der Waals surface area contributed by atoms with Crippen LogP contribution in [0.3, 0.4) is 0 Å². The van der Waals surface area contributed by atoms with E-state index < -0.39 is 0 Å². The molecule has 0 saturated carbocycles. The second kappa shape index (κ2) is 5.97. The fourth-order valence-electron chi connectivity index (χ4n) is 1.17.